The van der Waals surface area contributed by atoms with Crippen molar-refractivity contribution in [2.75, 3.05) is 14.2 Å². The lowest BCUT2D eigenvalue weighted by Gasteiger charge is -2.14. The van der Waals surface area contributed by atoms with E-state index < -0.39 is 5.63 Å². The molecule has 0 aliphatic rings. The van der Waals surface area contributed by atoms with Gasteiger partial charge in [-0.05, 0) is 26.0 Å². The molecule has 102 valence electrons. The summed E-state index contributed by atoms with van der Waals surface area (Å²) in [4.78, 5) is 12.0. The summed E-state index contributed by atoms with van der Waals surface area (Å²) in [6, 6.07) is 5.29. The predicted octanol–water partition coefficient (Wildman–Crippen LogP) is 2.60. The van der Waals surface area contributed by atoms with Crippen molar-refractivity contribution in [2.24, 2.45) is 0 Å². The highest BCUT2D eigenvalue weighted by molar-refractivity contribution is 5.89. The topological polar surface area (TPSA) is 57.9 Å². The van der Waals surface area contributed by atoms with Crippen LogP contribution in [0, 0.1) is 0 Å². The van der Waals surface area contributed by atoms with Gasteiger partial charge in [0.2, 0.25) is 5.75 Å². The Morgan fingerprint density at radius 3 is 2.42 bits per heavy atom. The molecule has 0 saturated carbocycles. The van der Waals surface area contributed by atoms with E-state index in [-0.39, 0.29) is 11.9 Å². The van der Waals surface area contributed by atoms with E-state index in [0.29, 0.717) is 22.5 Å². The van der Waals surface area contributed by atoms with Gasteiger partial charge in [0.1, 0.15) is 0 Å². The Kier molecular flexibility index (Phi) is 3.64. The smallest absolute Gasteiger partial charge is 0.383 e. The Hall–Kier alpha value is -2.17. The molecule has 0 saturated heterocycles. The first-order chi connectivity index (χ1) is 9.08. The monoisotopic (exact) mass is 264 g/mol. The maximum Gasteiger partial charge on any atom is 0.383 e. The molecule has 0 radical (unpaired) electrons. The van der Waals surface area contributed by atoms with Crippen LogP contribution in [0.1, 0.15) is 13.8 Å². The minimum absolute atomic E-state index is 0.0817. The summed E-state index contributed by atoms with van der Waals surface area (Å²) in [5, 5.41) is 0.636. The van der Waals surface area contributed by atoms with Crippen molar-refractivity contribution in [1.82, 2.24) is 0 Å². The molecule has 0 aliphatic carbocycles. The minimum atomic E-state index is -0.581. The Labute approximate surface area is 110 Å². The SMILES string of the molecule is COc1c(OC(C)C)c(=O)oc2c(OC)cccc12. The zero-order chi connectivity index (χ0) is 14.0. The number of rotatable bonds is 4. The van der Waals surface area contributed by atoms with Gasteiger partial charge in [-0.1, -0.05) is 6.07 Å². The number of benzene rings is 1. The molecule has 19 heavy (non-hydrogen) atoms. The summed E-state index contributed by atoms with van der Waals surface area (Å²) in [5.74, 6) is 0.918. The van der Waals surface area contributed by atoms with Gasteiger partial charge in [0.25, 0.3) is 0 Å². The summed E-state index contributed by atoms with van der Waals surface area (Å²) >= 11 is 0. The molecule has 0 bridgehead atoms. The summed E-state index contributed by atoms with van der Waals surface area (Å²) in [7, 11) is 3.00. The van der Waals surface area contributed by atoms with Crippen molar-refractivity contribution in [3.8, 4) is 17.2 Å². The summed E-state index contributed by atoms with van der Waals surface area (Å²) in [6.45, 7) is 3.66. The minimum Gasteiger partial charge on any atom is -0.493 e. The molecule has 0 fully saturated rings. The van der Waals surface area contributed by atoms with Crippen LogP contribution in [0.2, 0.25) is 0 Å². The van der Waals surface area contributed by atoms with E-state index in [1.165, 1.54) is 14.2 Å². The van der Waals surface area contributed by atoms with Crippen molar-refractivity contribution in [3.05, 3.63) is 28.6 Å². The van der Waals surface area contributed by atoms with Gasteiger partial charge in [0, 0.05) is 0 Å². The lowest BCUT2D eigenvalue weighted by molar-refractivity contribution is 0.220. The van der Waals surface area contributed by atoms with E-state index in [1.807, 2.05) is 13.8 Å². The molecular weight excluding hydrogens is 248 g/mol. The van der Waals surface area contributed by atoms with E-state index in [4.69, 9.17) is 18.6 Å². The van der Waals surface area contributed by atoms with Crippen LogP contribution in [0.25, 0.3) is 11.0 Å². The number of fused-ring (bicyclic) bond motifs is 1. The second-order valence-electron chi connectivity index (χ2n) is 4.26. The van der Waals surface area contributed by atoms with E-state index in [0.717, 1.165) is 0 Å². The van der Waals surface area contributed by atoms with E-state index in [1.54, 1.807) is 18.2 Å². The van der Waals surface area contributed by atoms with Crippen molar-refractivity contribution in [3.63, 3.8) is 0 Å². The van der Waals surface area contributed by atoms with E-state index in [9.17, 15) is 4.79 Å². The third-order valence-corrected chi connectivity index (χ3v) is 2.59. The average molecular weight is 264 g/mol. The highest BCUT2D eigenvalue weighted by Crippen LogP contribution is 2.36. The van der Waals surface area contributed by atoms with Crippen LogP contribution in [0.15, 0.2) is 27.4 Å². The van der Waals surface area contributed by atoms with Gasteiger partial charge < -0.3 is 18.6 Å². The summed E-state index contributed by atoms with van der Waals surface area (Å²) in [5.41, 5.74) is -0.231. The van der Waals surface area contributed by atoms with Crippen LogP contribution in [0.3, 0.4) is 0 Å². The van der Waals surface area contributed by atoms with Crippen molar-refractivity contribution in [1.29, 1.82) is 0 Å². The van der Waals surface area contributed by atoms with Crippen LogP contribution >= 0.6 is 0 Å². The van der Waals surface area contributed by atoms with Gasteiger partial charge in [-0.2, -0.15) is 0 Å². The van der Waals surface area contributed by atoms with E-state index in [2.05, 4.69) is 0 Å². The molecule has 2 aromatic rings. The number of methoxy groups -OCH3 is 2. The fourth-order valence-electron chi connectivity index (χ4n) is 1.85. The van der Waals surface area contributed by atoms with Gasteiger partial charge >= 0.3 is 5.63 Å². The molecule has 2 rings (SSSR count). The van der Waals surface area contributed by atoms with Gasteiger partial charge in [-0.15, -0.1) is 0 Å². The zero-order valence-electron chi connectivity index (χ0n) is 11.4. The van der Waals surface area contributed by atoms with Gasteiger partial charge in [-0.3, -0.25) is 0 Å². The summed E-state index contributed by atoms with van der Waals surface area (Å²) < 4.78 is 21.2. The molecule has 1 heterocycles. The first-order valence-corrected chi connectivity index (χ1v) is 5.93. The maximum absolute atomic E-state index is 12.0. The molecule has 0 N–H and O–H groups in total. The molecule has 0 spiro atoms. The second-order valence-corrected chi connectivity index (χ2v) is 4.26. The Bertz CT molecular complexity index is 642. The van der Waals surface area contributed by atoms with Crippen LogP contribution < -0.4 is 19.8 Å². The van der Waals surface area contributed by atoms with Crippen LogP contribution in [-0.4, -0.2) is 20.3 Å². The number of hydrogen-bond donors (Lipinski definition) is 0. The highest BCUT2D eigenvalue weighted by Gasteiger charge is 2.19. The predicted molar refractivity (Wildman–Crippen MR) is 71.4 cm³/mol. The molecule has 5 nitrogen and oxygen atoms in total. The highest BCUT2D eigenvalue weighted by atomic mass is 16.5. The quantitative estimate of drug-likeness (QED) is 0.794. The third kappa shape index (κ3) is 2.36. The molecular formula is C14H16O5. The molecule has 1 aromatic carbocycles. The fourth-order valence-corrected chi connectivity index (χ4v) is 1.85. The Morgan fingerprint density at radius 1 is 1.11 bits per heavy atom. The molecule has 5 heteroatoms. The molecule has 0 unspecified atom stereocenters. The first-order valence-electron chi connectivity index (χ1n) is 5.93. The Balaban J connectivity index is 2.79. The Morgan fingerprint density at radius 2 is 1.84 bits per heavy atom. The van der Waals surface area contributed by atoms with Crippen molar-refractivity contribution in [2.45, 2.75) is 20.0 Å². The lowest BCUT2D eigenvalue weighted by atomic mass is 10.2. The standard InChI is InChI=1S/C14H16O5/c1-8(2)18-13-12(17-4)9-6-5-7-10(16-3)11(9)19-14(13)15/h5-8H,1-4H3. The number of para-hydroxylation sites is 1. The van der Waals surface area contributed by atoms with Gasteiger partial charge in [-0.25, -0.2) is 4.79 Å². The van der Waals surface area contributed by atoms with E-state index >= 15 is 0 Å². The summed E-state index contributed by atoms with van der Waals surface area (Å²) in [6.07, 6.45) is -0.153. The zero-order valence-corrected chi connectivity index (χ0v) is 11.4. The first kappa shape index (κ1) is 13.3. The normalized spacial score (nSPS) is 10.8. The van der Waals surface area contributed by atoms with Crippen LogP contribution in [-0.2, 0) is 0 Å². The average Bonchev–Trinajstić information content (AvgIpc) is 2.38. The van der Waals surface area contributed by atoms with Crippen LogP contribution in [0.4, 0.5) is 0 Å². The van der Waals surface area contributed by atoms with Gasteiger partial charge in [0.05, 0.1) is 25.7 Å². The molecule has 0 amide bonds. The number of ether oxygens (including phenoxy) is 3. The maximum atomic E-state index is 12.0. The van der Waals surface area contributed by atoms with Crippen LogP contribution in [0.5, 0.6) is 17.2 Å². The van der Waals surface area contributed by atoms with Gasteiger partial charge in [0.15, 0.2) is 17.1 Å². The van der Waals surface area contributed by atoms with Crippen molar-refractivity contribution < 1.29 is 18.6 Å². The lowest BCUT2D eigenvalue weighted by Crippen LogP contribution is -2.14. The molecule has 0 atom stereocenters. The largest absolute Gasteiger partial charge is 0.493 e. The fraction of sp³-hybridized carbons (Fsp3) is 0.357. The molecule has 0 aliphatic heterocycles. The van der Waals surface area contributed by atoms with Crippen molar-refractivity contribution >= 4 is 11.0 Å². The second kappa shape index (κ2) is 5.22. The third-order valence-electron chi connectivity index (χ3n) is 2.59. The molecule has 1 aromatic heterocycles. The number of hydrogen-bond acceptors (Lipinski definition) is 5.